The summed E-state index contributed by atoms with van der Waals surface area (Å²) in [6, 6.07) is 10.2. The number of carbonyl (C=O) groups excluding carboxylic acids is 1. The van der Waals surface area contributed by atoms with Crippen LogP contribution in [0, 0.1) is 6.92 Å². The van der Waals surface area contributed by atoms with Crippen molar-refractivity contribution < 1.29 is 4.79 Å². The molecule has 1 aromatic heterocycles. The molecule has 1 unspecified atom stereocenters. The molecule has 2 aromatic rings. The lowest BCUT2D eigenvalue weighted by Gasteiger charge is -2.15. The number of amides is 1. The Hall–Kier alpha value is -1.88. The smallest absolute Gasteiger partial charge is 0.254 e. The molecule has 5 heteroatoms. The van der Waals surface area contributed by atoms with Crippen LogP contribution in [0.4, 0.5) is 5.69 Å². The van der Waals surface area contributed by atoms with Gasteiger partial charge in [-0.1, -0.05) is 22.0 Å². The summed E-state index contributed by atoms with van der Waals surface area (Å²) in [5, 5.41) is 2.79. The van der Waals surface area contributed by atoms with E-state index in [1.165, 1.54) is 4.57 Å². The zero-order valence-corrected chi connectivity index (χ0v) is 12.8. The molecule has 0 saturated carbocycles. The summed E-state index contributed by atoms with van der Waals surface area (Å²) in [6.07, 6.45) is 1.63. The normalized spacial score (nSPS) is 11.9. The van der Waals surface area contributed by atoms with E-state index in [1.54, 1.807) is 44.3 Å². The van der Waals surface area contributed by atoms with Gasteiger partial charge in [-0.2, -0.15) is 0 Å². The van der Waals surface area contributed by atoms with Crippen LogP contribution in [0.1, 0.15) is 18.5 Å². The summed E-state index contributed by atoms with van der Waals surface area (Å²) in [7, 11) is 0. The van der Waals surface area contributed by atoms with E-state index in [1.807, 2.05) is 12.1 Å². The molecular formula is C15H15BrN2O2. The highest BCUT2D eigenvalue weighted by Crippen LogP contribution is 2.15. The standard InChI is InChI=1S/C15H15BrN2O2/c1-10-4-3-9-18(15(10)20)11(2)14(19)17-13-7-5-12(16)6-8-13/h3-9,11H,1-2H3,(H,17,19). The number of hydrogen-bond acceptors (Lipinski definition) is 2. The maximum atomic E-state index is 12.2. The summed E-state index contributed by atoms with van der Waals surface area (Å²) in [6.45, 7) is 3.44. The Morgan fingerprint density at radius 1 is 1.25 bits per heavy atom. The maximum Gasteiger partial charge on any atom is 0.254 e. The van der Waals surface area contributed by atoms with E-state index < -0.39 is 6.04 Å². The molecule has 1 heterocycles. The number of anilines is 1. The fraction of sp³-hybridized carbons (Fsp3) is 0.200. The van der Waals surface area contributed by atoms with Gasteiger partial charge in [-0.3, -0.25) is 9.59 Å². The van der Waals surface area contributed by atoms with Crippen LogP contribution in [0.5, 0.6) is 0 Å². The zero-order chi connectivity index (χ0) is 14.7. The number of aromatic nitrogens is 1. The number of halogens is 1. The predicted octanol–water partition coefficient (Wildman–Crippen LogP) is 3.12. The Balaban J connectivity index is 2.18. The molecular weight excluding hydrogens is 320 g/mol. The predicted molar refractivity (Wildman–Crippen MR) is 82.9 cm³/mol. The Morgan fingerprint density at radius 3 is 2.55 bits per heavy atom. The van der Waals surface area contributed by atoms with Crippen molar-refractivity contribution in [1.82, 2.24) is 4.57 Å². The van der Waals surface area contributed by atoms with Crippen molar-refractivity contribution >= 4 is 27.5 Å². The van der Waals surface area contributed by atoms with Gasteiger partial charge in [0.05, 0.1) is 0 Å². The molecule has 0 saturated heterocycles. The van der Waals surface area contributed by atoms with Crippen molar-refractivity contribution in [2.75, 3.05) is 5.32 Å². The number of nitrogens with one attached hydrogen (secondary N) is 1. The third-order valence-corrected chi connectivity index (χ3v) is 3.60. The first-order valence-electron chi connectivity index (χ1n) is 6.23. The minimum absolute atomic E-state index is 0.147. The molecule has 0 radical (unpaired) electrons. The molecule has 1 amide bonds. The summed E-state index contributed by atoms with van der Waals surface area (Å²) >= 11 is 3.34. The fourth-order valence-electron chi connectivity index (χ4n) is 1.83. The number of benzene rings is 1. The van der Waals surface area contributed by atoms with Crippen molar-refractivity contribution in [1.29, 1.82) is 0 Å². The lowest BCUT2D eigenvalue weighted by atomic mass is 10.2. The molecule has 1 aromatic carbocycles. The van der Waals surface area contributed by atoms with Crippen LogP contribution in [-0.2, 0) is 4.79 Å². The van der Waals surface area contributed by atoms with E-state index in [9.17, 15) is 9.59 Å². The zero-order valence-electron chi connectivity index (χ0n) is 11.3. The second-order valence-electron chi connectivity index (χ2n) is 4.58. The Labute approximate surface area is 125 Å². The Kier molecular flexibility index (Phi) is 4.39. The van der Waals surface area contributed by atoms with Crippen molar-refractivity contribution in [2.24, 2.45) is 0 Å². The molecule has 20 heavy (non-hydrogen) atoms. The van der Waals surface area contributed by atoms with Gasteiger partial charge in [0.2, 0.25) is 5.91 Å². The average Bonchev–Trinajstić information content (AvgIpc) is 2.43. The largest absolute Gasteiger partial charge is 0.324 e. The van der Waals surface area contributed by atoms with Gasteiger partial charge in [0.1, 0.15) is 6.04 Å². The topological polar surface area (TPSA) is 51.1 Å². The molecule has 0 spiro atoms. The van der Waals surface area contributed by atoms with Crippen molar-refractivity contribution in [2.45, 2.75) is 19.9 Å². The van der Waals surface area contributed by atoms with Crippen LogP contribution in [0.2, 0.25) is 0 Å². The molecule has 104 valence electrons. The molecule has 4 nitrogen and oxygen atoms in total. The SMILES string of the molecule is Cc1cccn(C(C)C(=O)Nc2ccc(Br)cc2)c1=O. The van der Waals surface area contributed by atoms with E-state index in [4.69, 9.17) is 0 Å². The van der Waals surface area contributed by atoms with Crippen molar-refractivity contribution in [3.05, 3.63) is 63.0 Å². The number of pyridine rings is 1. The van der Waals surface area contributed by atoms with Gasteiger partial charge in [0.15, 0.2) is 0 Å². The van der Waals surface area contributed by atoms with Crippen LogP contribution < -0.4 is 10.9 Å². The first-order valence-corrected chi connectivity index (χ1v) is 7.02. The van der Waals surface area contributed by atoms with Gasteiger partial charge in [-0.15, -0.1) is 0 Å². The van der Waals surface area contributed by atoms with E-state index in [2.05, 4.69) is 21.2 Å². The number of aryl methyl sites for hydroxylation is 1. The lowest BCUT2D eigenvalue weighted by molar-refractivity contribution is -0.118. The molecule has 0 aliphatic carbocycles. The first-order chi connectivity index (χ1) is 9.49. The van der Waals surface area contributed by atoms with Gasteiger partial charge in [0, 0.05) is 21.9 Å². The van der Waals surface area contributed by atoms with Crippen LogP contribution in [0.3, 0.4) is 0 Å². The van der Waals surface area contributed by atoms with Crippen LogP contribution >= 0.6 is 15.9 Å². The second-order valence-corrected chi connectivity index (χ2v) is 5.49. The van der Waals surface area contributed by atoms with E-state index in [-0.39, 0.29) is 11.5 Å². The summed E-state index contributed by atoms with van der Waals surface area (Å²) in [5.41, 5.74) is 1.17. The third-order valence-electron chi connectivity index (χ3n) is 3.07. The fourth-order valence-corrected chi connectivity index (χ4v) is 2.10. The highest BCUT2D eigenvalue weighted by molar-refractivity contribution is 9.10. The maximum absolute atomic E-state index is 12.2. The number of hydrogen-bond donors (Lipinski definition) is 1. The summed E-state index contributed by atoms with van der Waals surface area (Å²) < 4.78 is 2.38. The highest BCUT2D eigenvalue weighted by atomic mass is 79.9. The Morgan fingerprint density at radius 2 is 1.90 bits per heavy atom. The average molecular weight is 335 g/mol. The van der Waals surface area contributed by atoms with Gasteiger partial charge in [-0.25, -0.2) is 0 Å². The third kappa shape index (κ3) is 3.17. The van der Waals surface area contributed by atoms with Gasteiger partial charge >= 0.3 is 0 Å². The lowest BCUT2D eigenvalue weighted by Crippen LogP contribution is -2.32. The molecule has 0 bridgehead atoms. The van der Waals surface area contributed by atoms with Crippen LogP contribution in [0.25, 0.3) is 0 Å². The summed E-state index contributed by atoms with van der Waals surface area (Å²) in [5.74, 6) is -0.222. The highest BCUT2D eigenvalue weighted by Gasteiger charge is 2.16. The second kappa shape index (κ2) is 6.05. The van der Waals surface area contributed by atoms with Gasteiger partial charge in [-0.05, 0) is 44.2 Å². The molecule has 1 N–H and O–H groups in total. The van der Waals surface area contributed by atoms with E-state index in [0.29, 0.717) is 11.3 Å². The minimum atomic E-state index is -0.564. The molecule has 1 atom stereocenters. The van der Waals surface area contributed by atoms with E-state index >= 15 is 0 Å². The quantitative estimate of drug-likeness (QED) is 0.937. The first kappa shape index (κ1) is 14.5. The summed E-state index contributed by atoms with van der Waals surface area (Å²) in [4.78, 5) is 24.2. The molecule has 0 fully saturated rings. The molecule has 2 rings (SSSR count). The molecule has 0 aliphatic rings. The van der Waals surface area contributed by atoms with Crippen molar-refractivity contribution in [3.63, 3.8) is 0 Å². The van der Waals surface area contributed by atoms with Gasteiger partial charge < -0.3 is 9.88 Å². The van der Waals surface area contributed by atoms with E-state index in [0.717, 1.165) is 4.47 Å². The van der Waals surface area contributed by atoms with Crippen LogP contribution in [0.15, 0.2) is 51.9 Å². The monoisotopic (exact) mass is 334 g/mol. The number of rotatable bonds is 3. The number of carbonyl (C=O) groups is 1. The molecule has 0 aliphatic heterocycles. The van der Waals surface area contributed by atoms with Crippen LogP contribution in [-0.4, -0.2) is 10.5 Å². The Bertz CT molecular complexity index is 677. The minimum Gasteiger partial charge on any atom is -0.324 e. The van der Waals surface area contributed by atoms with Gasteiger partial charge in [0.25, 0.3) is 5.56 Å². The van der Waals surface area contributed by atoms with Crippen molar-refractivity contribution in [3.8, 4) is 0 Å². The number of nitrogens with zero attached hydrogens (tertiary/aromatic N) is 1.